The number of aromatic nitrogens is 2. The maximum Gasteiger partial charge on any atom is 0.326 e. The maximum atomic E-state index is 13.8. The minimum Gasteiger partial charge on any atom is -0.378 e. The number of piperidine rings is 1. The molecule has 3 saturated heterocycles. The monoisotopic (exact) mass is 593 g/mol. The lowest BCUT2D eigenvalue weighted by Crippen LogP contribution is -2.42. The molecule has 1 aromatic heterocycles. The molecule has 6 rings (SSSR count). The van der Waals surface area contributed by atoms with Crippen molar-refractivity contribution >= 4 is 40.3 Å². The van der Waals surface area contributed by atoms with Gasteiger partial charge < -0.3 is 24.4 Å². The van der Waals surface area contributed by atoms with Crippen molar-refractivity contribution in [1.82, 2.24) is 19.4 Å². The zero-order valence-corrected chi connectivity index (χ0v) is 25.4. The van der Waals surface area contributed by atoms with Crippen molar-refractivity contribution in [3.8, 4) is 0 Å². The van der Waals surface area contributed by atoms with Gasteiger partial charge in [-0.25, -0.2) is 4.79 Å². The molecule has 2 unspecified atom stereocenters. The van der Waals surface area contributed by atoms with Gasteiger partial charge in [0.1, 0.15) is 5.37 Å². The molecule has 1 N–H and O–H groups in total. The van der Waals surface area contributed by atoms with E-state index in [0.29, 0.717) is 38.8 Å². The summed E-state index contributed by atoms with van der Waals surface area (Å²) in [7, 11) is 0. The molecule has 9 nitrogen and oxygen atoms in total. The van der Waals surface area contributed by atoms with Gasteiger partial charge in [-0.2, -0.15) is 0 Å². The highest BCUT2D eigenvalue weighted by molar-refractivity contribution is 8.01. The number of hydrogen-bond acceptors (Lipinski definition) is 6. The fourth-order valence-corrected chi connectivity index (χ4v) is 7.98. The lowest BCUT2D eigenvalue weighted by Gasteiger charge is -2.33. The first-order chi connectivity index (χ1) is 20.4. The minimum atomic E-state index is -0.402. The zero-order chi connectivity index (χ0) is 29.2. The number of thioether (sulfide) groups is 1. The van der Waals surface area contributed by atoms with Crippen molar-refractivity contribution in [2.24, 2.45) is 5.92 Å². The van der Waals surface area contributed by atoms with E-state index in [4.69, 9.17) is 4.74 Å². The smallest absolute Gasteiger partial charge is 0.326 e. The number of ether oxygens (including phenoxy) is 1. The molecule has 4 heterocycles. The first-order valence-electron chi connectivity index (χ1n) is 15.2. The Bertz CT molecular complexity index is 1480. The van der Waals surface area contributed by atoms with Crippen LogP contribution in [0.5, 0.6) is 0 Å². The van der Waals surface area contributed by atoms with Gasteiger partial charge in [-0.05, 0) is 43.4 Å². The van der Waals surface area contributed by atoms with Crippen LogP contribution in [-0.2, 0) is 14.3 Å². The first-order valence-corrected chi connectivity index (χ1v) is 16.2. The van der Waals surface area contributed by atoms with Gasteiger partial charge >= 0.3 is 5.69 Å². The van der Waals surface area contributed by atoms with Crippen LogP contribution in [0, 0.1) is 5.92 Å². The van der Waals surface area contributed by atoms with E-state index in [9.17, 15) is 14.4 Å². The van der Waals surface area contributed by atoms with Crippen LogP contribution in [0.4, 0.5) is 5.69 Å². The van der Waals surface area contributed by atoms with E-state index in [-0.39, 0.29) is 36.8 Å². The number of carbonyl (C=O) groups excluding carboxylic acids is 2. The molecule has 3 aliphatic rings. The molecule has 0 saturated carbocycles. The fourth-order valence-electron chi connectivity index (χ4n) is 6.48. The Morgan fingerprint density at radius 2 is 1.74 bits per heavy atom. The number of nitrogens with zero attached hydrogens (tertiary/aromatic N) is 4. The van der Waals surface area contributed by atoms with Crippen LogP contribution in [0.25, 0.3) is 11.0 Å². The third-order valence-electron chi connectivity index (χ3n) is 8.80. The van der Waals surface area contributed by atoms with E-state index in [1.54, 1.807) is 11.8 Å². The number of carbonyl (C=O) groups is 2. The number of imidazole rings is 1. The number of anilines is 1. The third-order valence-corrected chi connectivity index (χ3v) is 10.3. The van der Waals surface area contributed by atoms with Gasteiger partial charge in [-0.15, -0.1) is 11.8 Å². The molecule has 0 spiro atoms. The van der Waals surface area contributed by atoms with Crippen LogP contribution >= 0.6 is 11.8 Å². The molecule has 2 aromatic carbocycles. The molecular weight excluding hydrogens is 550 g/mol. The van der Waals surface area contributed by atoms with E-state index >= 15 is 0 Å². The summed E-state index contributed by atoms with van der Waals surface area (Å²) in [6.07, 6.45) is 2.56. The van der Waals surface area contributed by atoms with E-state index in [0.717, 1.165) is 54.6 Å². The molecule has 2 amide bonds. The predicted molar refractivity (Wildman–Crippen MR) is 169 cm³/mol. The summed E-state index contributed by atoms with van der Waals surface area (Å²) in [4.78, 5) is 49.3. The highest BCUT2D eigenvalue weighted by Crippen LogP contribution is 2.47. The first kappa shape index (κ1) is 28.9. The van der Waals surface area contributed by atoms with Crippen molar-refractivity contribution in [3.05, 3.63) is 64.6 Å². The van der Waals surface area contributed by atoms with Crippen LogP contribution in [0.2, 0.25) is 0 Å². The summed E-state index contributed by atoms with van der Waals surface area (Å²) in [6.45, 7) is 9.27. The van der Waals surface area contributed by atoms with Gasteiger partial charge in [0.05, 0.1) is 29.5 Å². The quantitative estimate of drug-likeness (QED) is 0.409. The Morgan fingerprint density at radius 3 is 2.50 bits per heavy atom. The van der Waals surface area contributed by atoms with Gasteiger partial charge in [0.15, 0.2) is 0 Å². The fraction of sp³-hybridized carbons (Fsp3) is 0.531. The van der Waals surface area contributed by atoms with Crippen molar-refractivity contribution in [1.29, 1.82) is 0 Å². The Morgan fingerprint density at radius 1 is 1.02 bits per heavy atom. The molecule has 3 aromatic rings. The molecule has 42 heavy (non-hydrogen) atoms. The number of nitrogens with one attached hydrogen (secondary N) is 1. The second-order valence-corrected chi connectivity index (χ2v) is 13.3. The molecule has 3 fully saturated rings. The number of hydrogen-bond donors (Lipinski definition) is 1. The maximum absolute atomic E-state index is 13.8. The summed E-state index contributed by atoms with van der Waals surface area (Å²) >= 11 is 1.63. The van der Waals surface area contributed by atoms with Crippen LogP contribution in [0.3, 0.4) is 0 Å². The van der Waals surface area contributed by atoms with Crippen LogP contribution < -0.4 is 10.6 Å². The van der Waals surface area contributed by atoms with E-state index in [1.807, 2.05) is 44.7 Å². The van der Waals surface area contributed by atoms with Crippen molar-refractivity contribution < 1.29 is 15.8 Å². The predicted octanol–water partition coefficient (Wildman–Crippen LogP) is 4.65. The largest absolute Gasteiger partial charge is 0.378 e. The minimum absolute atomic E-state index is 0. The molecule has 10 heteroatoms. The number of para-hydroxylation sites is 3. The lowest BCUT2D eigenvalue weighted by atomic mass is 10.0. The van der Waals surface area contributed by atoms with Crippen LogP contribution in [0.1, 0.15) is 57.9 Å². The van der Waals surface area contributed by atoms with Crippen LogP contribution in [0.15, 0.2) is 53.3 Å². The number of H-pyrrole nitrogens is 1. The molecule has 0 aliphatic carbocycles. The molecule has 2 atom stereocenters. The normalized spacial score (nSPS) is 22.1. The number of fused-ring (bicyclic) bond motifs is 1. The summed E-state index contributed by atoms with van der Waals surface area (Å²) in [5.41, 5.74) is 3.94. The number of likely N-dealkylation sites (tertiary alicyclic amines) is 1. The summed E-state index contributed by atoms with van der Waals surface area (Å²) in [6, 6.07) is 16.2. The standard InChI is InChI=1S/C32H41N5O4S.H2/c1-22(2)11-16-36-30(39)28(42-31(36)24-7-3-5-9-26(24)34-17-19-41-20-18-34)21-29(38)35-14-12-23(13-15-35)37-27-10-6-4-8-25(27)33-32(37)40;/h3-10,22-23,28,31H,11-21H2,1-2H3,(H,33,40);1H. The Kier molecular flexibility index (Phi) is 8.62. The topological polar surface area (TPSA) is 90.9 Å². The molecule has 0 radical (unpaired) electrons. The number of benzene rings is 2. The summed E-state index contributed by atoms with van der Waals surface area (Å²) in [5, 5.41) is -0.519. The highest BCUT2D eigenvalue weighted by atomic mass is 32.2. The van der Waals surface area contributed by atoms with Gasteiger partial charge in [-0.3, -0.25) is 14.2 Å². The Hall–Kier alpha value is -3.24. The van der Waals surface area contributed by atoms with E-state index in [2.05, 4.69) is 41.9 Å². The molecule has 3 aliphatic heterocycles. The van der Waals surface area contributed by atoms with Crippen molar-refractivity contribution in [2.75, 3.05) is 50.8 Å². The third kappa shape index (κ3) is 5.83. The number of rotatable bonds is 8. The number of aromatic amines is 1. The summed E-state index contributed by atoms with van der Waals surface area (Å²) in [5.74, 6) is 0.567. The van der Waals surface area contributed by atoms with E-state index < -0.39 is 5.25 Å². The average Bonchev–Trinajstić information content (AvgIpc) is 3.51. The van der Waals surface area contributed by atoms with Gasteiger partial charge in [0.25, 0.3) is 0 Å². The van der Waals surface area contributed by atoms with Gasteiger partial charge in [0.2, 0.25) is 11.8 Å². The summed E-state index contributed by atoms with van der Waals surface area (Å²) < 4.78 is 7.43. The zero-order valence-electron chi connectivity index (χ0n) is 24.5. The molecular formula is C32H43N5O4S. The van der Waals surface area contributed by atoms with Crippen molar-refractivity contribution in [3.63, 3.8) is 0 Å². The lowest BCUT2D eigenvalue weighted by molar-refractivity contribution is -0.136. The average molecular weight is 594 g/mol. The van der Waals surface area contributed by atoms with Crippen LogP contribution in [-0.4, -0.2) is 82.4 Å². The molecule has 0 bridgehead atoms. The molecule has 226 valence electrons. The Labute approximate surface area is 252 Å². The number of amides is 2. The van der Waals surface area contributed by atoms with Crippen molar-refractivity contribution in [2.45, 2.75) is 56.2 Å². The number of morpholine rings is 1. The van der Waals surface area contributed by atoms with Gasteiger partial charge in [-0.1, -0.05) is 44.2 Å². The van der Waals surface area contributed by atoms with E-state index in [1.165, 1.54) is 0 Å². The second-order valence-electron chi connectivity index (χ2n) is 12.0. The SMILES string of the molecule is CC(C)CCN1C(=O)C(CC(=O)N2CCC(n3c(=O)[nH]c4ccccc43)CC2)SC1c1ccccc1N1CCOCC1.[HH]. The Balaban J connectivity index is 0.00000368. The van der Waals surface area contributed by atoms with Gasteiger partial charge in [0, 0.05) is 57.9 Å². The second kappa shape index (κ2) is 12.6. The highest BCUT2D eigenvalue weighted by Gasteiger charge is 2.43.